The minimum absolute atomic E-state index is 0.284. The zero-order valence-electron chi connectivity index (χ0n) is 8.83. The zero-order valence-corrected chi connectivity index (χ0v) is 8.83. The van der Waals surface area contributed by atoms with Crippen LogP contribution in [0, 0.1) is 26.2 Å². The average molecular weight is 196 g/mol. The van der Waals surface area contributed by atoms with Gasteiger partial charge in [-0.05, 0) is 42.5 Å². The van der Waals surface area contributed by atoms with Gasteiger partial charge in [-0.1, -0.05) is 18.1 Å². The number of rotatable bonds is 0. The molecule has 0 aliphatic heterocycles. The van der Waals surface area contributed by atoms with Gasteiger partial charge in [0.2, 0.25) is 0 Å². The average Bonchev–Trinajstić information content (AvgIpc) is 2.18. The molecule has 0 aliphatic carbocycles. The molecule has 2 aromatic rings. The predicted molar refractivity (Wildman–Crippen MR) is 63.0 cm³/mol. The van der Waals surface area contributed by atoms with E-state index in [0.717, 1.165) is 27.5 Å². The molecule has 0 aromatic heterocycles. The van der Waals surface area contributed by atoms with Crippen LogP contribution in [0.5, 0.6) is 5.75 Å². The Balaban J connectivity index is 3.00. The molecule has 0 saturated carbocycles. The highest BCUT2D eigenvalue weighted by molar-refractivity contribution is 5.93. The molecule has 0 amide bonds. The lowest BCUT2D eigenvalue weighted by atomic mass is 9.96. The molecule has 0 unspecified atom stereocenters. The van der Waals surface area contributed by atoms with Crippen LogP contribution in [-0.4, -0.2) is 5.11 Å². The normalized spacial score (nSPS) is 10.2. The summed E-state index contributed by atoms with van der Waals surface area (Å²) in [5, 5.41) is 11.5. The SMILES string of the molecule is C#Cc1c(C)ccc2cc(O)cc(C)c12. The van der Waals surface area contributed by atoms with Gasteiger partial charge in [-0.15, -0.1) is 6.42 Å². The highest BCUT2D eigenvalue weighted by Crippen LogP contribution is 2.28. The van der Waals surface area contributed by atoms with Gasteiger partial charge in [0.25, 0.3) is 0 Å². The predicted octanol–water partition coefficient (Wildman–Crippen LogP) is 3.14. The van der Waals surface area contributed by atoms with E-state index in [9.17, 15) is 5.11 Å². The van der Waals surface area contributed by atoms with E-state index in [4.69, 9.17) is 6.42 Å². The Labute approximate surface area is 89.4 Å². The first-order valence-corrected chi connectivity index (χ1v) is 4.83. The molecule has 0 heterocycles. The number of benzene rings is 2. The lowest BCUT2D eigenvalue weighted by Gasteiger charge is -2.08. The van der Waals surface area contributed by atoms with E-state index in [2.05, 4.69) is 5.92 Å². The van der Waals surface area contributed by atoms with Crippen molar-refractivity contribution in [3.63, 3.8) is 0 Å². The van der Waals surface area contributed by atoms with Crippen LogP contribution in [-0.2, 0) is 0 Å². The van der Waals surface area contributed by atoms with Gasteiger partial charge in [-0.2, -0.15) is 0 Å². The van der Waals surface area contributed by atoms with Crippen LogP contribution in [0.1, 0.15) is 16.7 Å². The summed E-state index contributed by atoms with van der Waals surface area (Å²) < 4.78 is 0. The summed E-state index contributed by atoms with van der Waals surface area (Å²) in [4.78, 5) is 0. The molecule has 1 heteroatoms. The van der Waals surface area contributed by atoms with Crippen molar-refractivity contribution in [2.75, 3.05) is 0 Å². The van der Waals surface area contributed by atoms with Crippen LogP contribution < -0.4 is 0 Å². The third-order valence-electron chi connectivity index (χ3n) is 2.65. The van der Waals surface area contributed by atoms with Crippen molar-refractivity contribution >= 4 is 10.8 Å². The van der Waals surface area contributed by atoms with Crippen LogP contribution in [0.25, 0.3) is 10.8 Å². The third kappa shape index (κ3) is 1.45. The van der Waals surface area contributed by atoms with E-state index in [1.165, 1.54) is 0 Å². The molecule has 0 spiro atoms. The minimum atomic E-state index is 0.284. The van der Waals surface area contributed by atoms with Gasteiger partial charge in [-0.25, -0.2) is 0 Å². The first-order chi connectivity index (χ1) is 7.13. The van der Waals surface area contributed by atoms with E-state index in [1.807, 2.05) is 26.0 Å². The molecule has 1 nitrogen and oxygen atoms in total. The van der Waals surface area contributed by atoms with Gasteiger partial charge in [0.15, 0.2) is 0 Å². The smallest absolute Gasteiger partial charge is 0.116 e. The Hall–Kier alpha value is -1.94. The maximum atomic E-state index is 9.49. The van der Waals surface area contributed by atoms with Crippen LogP contribution in [0.3, 0.4) is 0 Å². The van der Waals surface area contributed by atoms with Gasteiger partial charge in [0, 0.05) is 10.9 Å². The first kappa shape index (κ1) is 9.61. The van der Waals surface area contributed by atoms with Crippen LogP contribution in [0.15, 0.2) is 24.3 Å². The number of hydrogen-bond donors (Lipinski definition) is 1. The molecule has 15 heavy (non-hydrogen) atoms. The van der Waals surface area contributed by atoms with Crippen LogP contribution >= 0.6 is 0 Å². The molecular weight excluding hydrogens is 184 g/mol. The highest BCUT2D eigenvalue weighted by atomic mass is 16.3. The van der Waals surface area contributed by atoms with Crippen molar-refractivity contribution in [1.82, 2.24) is 0 Å². The molecular formula is C14H12O. The Morgan fingerprint density at radius 2 is 1.87 bits per heavy atom. The second kappa shape index (κ2) is 3.33. The number of fused-ring (bicyclic) bond motifs is 1. The monoisotopic (exact) mass is 196 g/mol. The highest BCUT2D eigenvalue weighted by Gasteiger charge is 2.06. The van der Waals surface area contributed by atoms with Gasteiger partial charge in [0.05, 0.1) is 0 Å². The summed E-state index contributed by atoms with van der Waals surface area (Å²) >= 11 is 0. The fourth-order valence-corrected chi connectivity index (χ4v) is 1.95. The Morgan fingerprint density at radius 3 is 2.53 bits per heavy atom. The molecule has 1 N–H and O–H groups in total. The summed E-state index contributed by atoms with van der Waals surface area (Å²) in [6.07, 6.45) is 5.51. The van der Waals surface area contributed by atoms with Crippen molar-refractivity contribution in [3.8, 4) is 18.1 Å². The lowest BCUT2D eigenvalue weighted by Crippen LogP contribution is -1.88. The van der Waals surface area contributed by atoms with Crippen molar-refractivity contribution in [2.45, 2.75) is 13.8 Å². The van der Waals surface area contributed by atoms with E-state index < -0.39 is 0 Å². The fourth-order valence-electron chi connectivity index (χ4n) is 1.95. The van der Waals surface area contributed by atoms with Crippen LogP contribution in [0.2, 0.25) is 0 Å². The largest absolute Gasteiger partial charge is 0.508 e. The van der Waals surface area contributed by atoms with Gasteiger partial charge in [0.1, 0.15) is 5.75 Å². The van der Waals surface area contributed by atoms with E-state index in [1.54, 1.807) is 12.1 Å². The molecule has 74 valence electrons. The van der Waals surface area contributed by atoms with Crippen LogP contribution in [0.4, 0.5) is 0 Å². The lowest BCUT2D eigenvalue weighted by molar-refractivity contribution is 0.476. The van der Waals surface area contributed by atoms with Crippen molar-refractivity contribution in [3.05, 3.63) is 41.0 Å². The van der Waals surface area contributed by atoms with Gasteiger partial charge >= 0.3 is 0 Å². The molecule has 2 rings (SSSR count). The quantitative estimate of drug-likeness (QED) is 0.642. The molecule has 0 radical (unpaired) electrons. The number of phenols is 1. The number of hydrogen-bond acceptors (Lipinski definition) is 1. The maximum absolute atomic E-state index is 9.49. The number of phenolic OH excluding ortho intramolecular Hbond substituents is 1. The Kier molecular flexibility index (Phi) is 2.13. The maximum Gasteiger partial charge on any atom is 0.116 e. The van der Waals surface area contributed by atoms with Gasteiger partial charge in [-0.3, -0.25) is 0 Å². The number of aryl methyl sites for hydroxylation is 2. The zero-order chi connectivity index (χ0) is 11.0. The second-order valence-corrected chi connectivity index (χ2v) is 3.76. The molecule has 0 saturated heterocycles. The summed E-state index contributed by atoms with van der Waals surface area (Å²) in [7, 11) is 0. The Bertz CT molecular complexity index is 574. The fraction of sp³-hybridized carbons (Fsp3) is 0.143. The summed E-state index contributed by atoms with van der Waals surface area (Å²) in [6.45, 7) is 3.96. The molecule has 2 aromatic carbocycles. The van der Waals surface area contributed by atoms with E-state index in [-0.39, 0.29) is 5.75 Å². The summed E-state index contributed by atoms with van der Waals surface area (Å²) in [5.41, 5.74) is 3.03. The Morgan fingerprint density at radius 1 is 1.13 bits per heavy atom. The van der Waals surface area contributed by atoms with E-state index >= 15 is 0 Å². The summed E-state index contributed by atoms with van der Waals surface area (Å²) in [5.74, 6) is 3.00. The van der Waals surface area contributed by atoms with Gasteiger partial charge < -0.3 is 5.11 Å². The molecule has 0 aliphatic rings. The summed E-state index contributed by atoms with van der Waals surface area (Å²) in [6, 6.07) is 7.44. The topological polar surface area (TPSA) is 20.2 Å². The van der Waals surface area contributed by atoms with Crippen molar-refractivity contribution in [2.24, 2.45) is 0 Å². The van der Waals surface area contributed by atoms with Crippen molar-refractivity contribution in [1.29, 1.82) is 0 Å². The second-order valence-electron chi connectivity index (χ2n) is 3.76. The standard InChI is InChI=1S/C14H12O/c1-4-13-9(2)5-6-11-8-12(15)7-10(3)14(11)13/h1,5-8,15H,2-3H3. The number of terminal acetylenes is 1. The first-order valence-electron chi connectivity index (χ1n) is 4.83. The van der Waals surface area contributed by atoms with Crippen molar-refractivity contribution < 1.29 is 5.11 Å². The number of aromatic hydroxyl groups is 1. The molecule has 0 fully saturated rings. The molecule has 0 atom stereocenters. The molecule has 0 bridgehead atoms. The van der Waals surface area contributed by atoms with E-state index in [0.29, 0.717) is 0 Å². The minimum Gasteiger partial charge on any atom is -0.508 e. The third-order valence-corrected chi connectivity index (χ3v) is 2.65.